The lowest BCUT2D eigenvalue weighted by Gasteiger charge is -2.22. The first-order valence-corrected chi connectivity index (χ1v) is 13.0. The second kappa shape index (κ2) is 9.12. The summed E-state index contributed by atoms with van der Waals surface area (Å²) in [5.74, 6) is 1.19. The number of ether oxygens (including phenoxy) is 1. The van der Waals surface area contributed by atoms with E-state index in [1.54, 1.807) is 31.4 Å². The molecule has 1 saturated heterocycles. The number of hydrogen-bond acceptors (Lipinski definition) is 11. The van der Waals surface area contributed by atoms with E-state index in [2.05, 4.69) is 25.5 Å². The number of rotatable bonds is 6. The van der Waals surface area contributed by atoms with Crippen molar-refractivity contribution < 1.29 is 17.6 Å². The molecular weight excluding hydrogens is 476 g/mol. The molecule has 4 aromatic rings. The minimum Gasteiger partial charge on any atom is -0.495 e. The molecule has 1 aliphatic heterocycles. The third-order valence-corrected chi connectivity index (χ3v) is 8.73. The summed E-state index contributed by atoms with van der Waals surface area (Å²) in [5.41, 5.74) is 7.48. The van der Waals surface area contributed by atoms with E-state index in [1.807, 2.05) is 11.4 Å². The van der Waals surface area contributed by atoms with Crippen molar-refractivity contribution in [3.63, 3.8) is 0 Å². The predicted molar refractivity (Wildman–Crippen MR) is 128 cm³/mol. The van der Waals surface area contributed by atoms with Crippen molar-refractivity contribution in [1.29, 1.82) is 0 Å². The Morgan fingerprint density at radius 1 is 1.18 bits per heavy atom. The maximum absolute atomic E-state index is 12.9. The molecule has 12 heteroatoms. The van der Waals surface area contributed by atoms with Crippen molar-refractivity contribution >= 4 is 27.0 Å². The minimum atomic E-state index is -3.40. The zero-order valence-electron chi connectivity index (χ0n) is 18.3. The Hall–Kier alpha value is -3.35. The molecule has 4 heterocycles. The van der Waals surface area contributed by atoms with Crippen LogP contribution in [-0.4, -0.2) is 54.0 Å². The van der Waals surface area contributed by atoms with Crippen molar-refractivity contribution in [1.82, 2.24) is 25.5 Å². The zero-order chi connectivity index (χ0) is 23.7. The van der Waals surface area contributed by atoms with E-state index in [9.17, 15) is 8.42 Å². The third kappa shape index (κ3) is 4.15. The van der Waals surface area contributed by atoms with Gasteiger partial charge in [0.05, 0.1) is 29.1 Å². The fourth-order valence-electron chi connectivity index (χ4n) is 3.81. The Bertz CT molecular complexity index is 1410. The molecular formula is C22H22N6O4S2. The number of methoxy groups -OCH3 is 1. The average Bonchev–Trinajstić information content (AvgIpc) is 3.54. The van der Waals surface area contributed by atoms with Crippen LogP contribution in [0.3, 0.4) is 0 Å². The number of thiophene rings is 1. The predicted octanol–water partition coefficient (Wildman–Crippen LogP) is 3.04. The van der Waals surface area contributed by atoms with Gasteiger partial charge in [-0.25, -0.2) is 18.4 Å². The Morgan fingerprint density at radius 3 is 2.71 bits per heavy atom. The molecule has 1 fully saturated rings. The highest BCUT2D eigenvalue weighted by atomic mass is 32.2. The summed E-state index contributed by atoms with van der Waals surface area (Å²) in [4.78, 5) is 9.78. The van der Waals surface area contributed by atoms with Gasteiger partial charge < -0.3 is 20.2 Å². The van der Waals surface area contributed by atoms with Crippen LogP contribution < -0.4 is 15.8 Å². The fraction of sp³-hybridized carbons (Fsp3) is 0.273. The molecule has 1 aromatic carbocycles. The number of sulfone groups is 1. The van der Waals surface area contributed by atoms with Crippen LogP contribution in [0, 0.1) is 0 Å². The van der Waals surface area contributed by atoms with Crippen LogP contribution in [0.15, 0.2) is 51.2 Å². The standard InChI is InChI=1S/C22H22N6O4S2/c1-31-17-8-10-33-19(17)22-28-27-21(32-22)18-20(23)25-12-16(26-18)13-4-6-14(7-5-13)34(29,30)15-3-2-9-24-11-15/h4-8,10,12,15,24H,2-3,9,11H2,1H3,(H2,23,25). The van der Waals surface area contributed by atoms with Crippen LogP contribution in [-0.2, 0) is 9.84 Å². The van der Waals surface area contributed by atoms with Gasteiger partial charge in [-0.15, -0.1) is 21.5 Å². The molecule has 0 bridgehead atoms. The van der Waals surface area contributed by atoms with Crippen LogP contribution in [0.5, 0.6) is 5.75 Å². The lowest BCUT2D eigenvalue weighted by molar-refractivity contribution is 0.416. The highest BCUT2D eigenvalue weighted by Gasteiger charge is 2.29. The highest BCUT2D eigenvalue weighted by Crippen LogP contribution is 2.36. The van der Waals surface area contributed by atoms with Crippen molar-refractivity contribution in [2.45, 2.75) is 23.0 Å². The van der Waals surface area contributed by atoms with Gasteiger partial charge in [0, 0.05) is 12.1 Å². The number of aromatic nitrogens is 4. The summed E-state index contributed by atoms with van der Waals surface area (Å²) in [6, 6.07) is 8.44. The quantitative estimate of drug-likeness (QED) is 0.406. The molecule has 34 heavy (non-hydrogen) atoms. The zero-order valence-corrected chi connectivity index (χ0v) is 19.9. The van der Waals surface area contributed by atoms with Gasteiger partial charge in [0.1, 0.15) is 10.6 Å². The monoisotopic (exact) mass is 498 g/mol. The van der Waals surface area contributed by atoms with Crippen molar-refractivity contribution in [2.24, 2.45) is 0 Å². The van der Waals surface area contributed by atoms with Gasteiger partial charge in [-0.2, -0.15) is 0 Å². The van der Waals surface area contributed by atoms with E-state index in [-0.39, 0.29) is 17.4 Å². The Labute approximate surface area is 200 Å². The summed E-state index contributed by atoms with van der Waals surface area (Å²) < 4.78 is 37.0. The summed E-state index contributed by atoms with van der Waals surface area (Å²) in [5, 5.41) is 12.8. The first-order valence-electron chi connectivity index (χ1n) is 10.6. The number of nitrogens with two attached hydrogens (primary N) is 1. The Morgan fingerprint density at radius 2 is 1.97 bits per heavy atom. The van der Waals surface area contributed by atoms with Crippen molar-refractivity contribution in [2.75, 3.05) is 25.9 Å². The molecule has 5 rings (SSSR count). The average molecular weight is 499 g/mol. The van der Waals surface area contributed by atoms with Gasteiger partial charge in [0.2, 0.25) is 0 Å². The SMILES string of the molecule is COc1ccsc1-c1nnc(-c2nc(-c3ccc(S(=O)(=O)C4CCCNC4)cc3)cnc2N)o1. The molecule has 1 aliphatic rings. The molecule has 3 N–H and O–H groups in total. The first kappa shape index (κ1) is 22.4. The number of benzene rings is 1. The van der Waals surface area contributed by atoms with E-state index in [4.69, 9.17) is 14.9 Å². The van der Waals surface area contributed by atoms with Crippen molar-refractivity contribution in [3.8, 4) is 39.4 Å². The normalized spacial score (nSPS) is 16.4. The molecule has 1 atom stereocenters. The molecule has 0 saturated carbocycles. The second-order valence-corrected chi connectivity index (χ2v) is 10.9. The summed E-state index contributed by atoms with van der Waals surface area (Å²) in [6.45, 7) is 1.33. The molecule has 0 aliphatic carbocycles. The van der Waals surface area contributed by atoms with E-state index in [0.29, 0.717) is 45.6 Å². The molecule has 0 spiro atoms. The number of hydrogen-bond donors (Lipinski definition) is 2. The van der Waals surface area contributed by atoms with Crippen LogP contribution in [0.2, 0.25) is 0 Å². The minimum absolute atomic E-state index is 0.126. The number of nitrogen functional groups attached to an aromatic ring is 1. The third-order valence-electron chi connectivity index (χ3n) is 5.64. The van der Waals surface area contributed by atoms with Crippen LogP contribution in [0.1, 0.15) is 12.8 Å². The molecule has 3 aromatic heterocycles. The lowest BCUT2D eigenvalue weighted by Crippen LogP contribution is -2.38. The van der Waals surface area contributed by atoms with Crippen LogP contribution in [0.25, 0.3) is 33.6 Å². The van der Waals surface area contributed by atoms with Gasteiger partial charge in [0.25, 0.3) is 11.8 Å². The fourth-order valence-corrected chi connectivity index (χ4v) is 6.31. The smallest absolute Gasteiger partial charge is 0.270 e. The first-order chi connectivity index (χ1) is 16.5. The maximum atomic E-state index is 12.9. The lowest BCUT2D eigenvalue weighted by atomic mass is 10.1. The van der Waals surface area contributed by atoms with Crippen molar-refractivity contribution in [3.05, 3.63) is 41.9 Å². The van der Waals surface area contributed by atoms with E-state index < -0.39 is 15.1 Å². The molecule has 0 amide bonds. The maximum Gasteiger partial charge on any atom is 0.270 e. The van der Waals surface area contributed by atoms with Crippen LogP contribution >= 0.6 is 11.3 Å². The number of nitrogens with zero attached hydrogens (tertiary/aromatic N) is 4. The van der Waals surface area contributed by atoms with Gasteiger partial charge >= 0.3 is 0 Å². The van der Waals surface area contributed by atoms with E-state index in [1.165, 1.54) is 17.5 Å². The number of piperidine rings is 1. The second-order valence-electron chi connectivity index (χ2n) is 7.76. The van der Waals surface area contributed by atoms with E-state index in [0.717, 1.165) is 13.0 Å². The molecule has 176 valence electrons. The van der Waals surface area contributed by atoms with Crippen LogP contribution in [0.4, 0.5) is 5.82 Å². The number of anilines is 1. The molecule has 0 radical (unpaired) electrons. The topological polar surface area (TPSA) is 146 Å². The largest absolute Gasteiger partial charge is 0.495 e. The van der Waals surface area contributed by atoms with Gasteiger partial charge in [-0.3, -0.25) is 0 Å². The van der Waals surface area contributed by atoms with Gasteiger partial charge in [0.15, 0.2) is 21.3 Å². The summed E-state index contributed by atoms with van der Waals surface area (Å²) >= 11 is 1.41. The number of nitrogens with one attached hydrogen (secondary N) is 1. The van der Waals surface area contributed by atoms with Gasteiger partial charge in [-0.05, 0) is 43.0 Å². The highest BCUT2D eigenvalue weighted by molar-refractivity contribution is 7.92. The summed E-state index contributed by atoms with van der Waals surface area (Å²) in [6.07, 6.45) is 3.03. The summed E-state index contributed by atoms with van der Waals surface area (Å²) in [7, 11) is -1.84. The Balaban J connectivity index is 1.43. The Kier molecular flexibility index (Phi) is 6.02. The van der Waals surface area contributed by atoms with E-state index >= 15 is 0 Å². The van der Waals surface area contributed by atoms with Gasteiger partial charge in [-0.1, -0.05) is 12.1 Å². The molecule has 10 nitrogen and oxygen atoms in total. The molecule has 1 unspecified atom stereocenters.